The first kappa shape index (κ1) is 48.2. The van der Waals surface area contributed by atoms with Crippen LogP contribution in [0.2, 0.25) is 0 Å². The fourth-order valence-electron chi connectivity index (χ4n) is 8.51. The van der Waals surface area contributed by atoms with E-state index in [1.54, 1.807) is 6.08 Å². The number of alkyl halides is 3. The summed E-state index contributed by atoms with van der Waals surface area (Å²) in [6, 6.07) is -0.610. The predicted octanol–water partition coefficient (Wildman–Crippen LogP) is 7.59. The first-order valence-electron chi connectivity index (χ1n) is 20.6. The van der Waals surface area contributed by atoms with Gasteiger partial charge < -0.3 is 53.1 Å². The largest absolute Gasteiger partial charge is 0.445 e. The van der Waals surface area contributed by atoms with E-state index < -0.39 is 47.5 Å². The molecule has 12 nitrogen and oxygen atoms in total. The maximum absolute atomic E-state index is 13.0. The van der Waals surface area contributed by atoms with Crippen LogP contribution < -0.4 is 5.32 Å². The quantitative estimate of drug-likeness (QED) is 0.125. The highest BCUT2D eigenvalue weighted by Crippen LogP contribution is 2.40. The van der Waals surface area contributed by atoms with E-state index in [2.05, 4.69) is 74.2 Å². The lowest BCUT2D eigenvalue weighted by Gasteiger charge is -2.48. The van der Waals surface area contributed by atoms with Crippen LogP contribution in [0.5, 0.6) is 0 Å². The number of alkyl carbamates (subject to hydrolysis) is 1. The summed E-state index contributed by atoms with van der Waals surface area (Å²) in [5, 5.41) is 12.9. The third-order valence-corrected chi connectivity index (χ3v) is 14.3. The lowest BCUT2D eigenvalue weighted by Crippen LogP contribution is -2.60. The zero-order chi connectivity index (χ0) is 41.6. The lowest BCUT2D eigenvalue weighted by molar-refractivity contribution is -0.307. The van der Waals surface area contributed by atoms with Crippen LogP contribution >= 0.6 is 34.8 Å². The van der Waals surface area contributed by atoms with Crippen molar-refractivity contribution >= 4 is 40.9 Å². The average molecular weight is 859 g/mol. The van der Waals surface area contributed by atoms with Crippen LogP contribution in [0.15, 0.2) is 12.7 Å². The molecule has 0 aromatic carbocycles. The molecule has 56 heavy (non-hydrogen) atoms. The number of halogens is 3. The third kappa shape index (κ3) is 12.1. The van der Waals surface area contributed by atoms with Gasteiger partial charge in [-0.3, -0.25) is 0 Å². The molecule has 0 radical (unpaired) electrons. The van der Waals surface area contributed by atoms with Crippen molar-refractivity contribution in [1.29, 1.82) is 0 Å². The number of hydrogen-bond donors (Lipinski definition) is 2. The second kappa shape index (κ2) is 21.4. The summed E-state index contributed by atoms with van der Waals surface area (Å²) in [4.78, 5) is 13.0. The molecule has 4 saturated heterocycles. The molecule has 8 unspecified atom stereocenters. The third-order valence-electron chi connectivity index (χ3n) is 14.0. The van der Waals surface area contributed by atoms with Crippen LogP contribution in [0.1, 0.15) is 76.2 Å². The van der Waals surface area contributed by atoms with Gasteiger partial charge in [0.2, 0.25) is 3.79 Å². The van der Waals surface area contributed by atoms with Gasteiger partial charge >= 0.3 is 6.09 Å². The number of aliphatic hydroxyl groups is 1. The number of carbonyl (C=O) groups excluding carboxylic acids is 1. The molecule has 0 bridgehead atoms. The number of amides is 1. The SMILES string of the molecule is C=CCO[C@@H]1OC(CO[C@@H]2OC(CO[C@@H]3OC(CO[C@@H]4OC(CO)[C@@H](C)[C@H](C)C4C)[C@@H](C)[C@H](C)C3NC(=O)OCC(Cl)(Cl)Cl)[C@@H](C)[C@H](C)C2C)[C@@H](C)[C@H](C)C1C. The van der Waals surface area contributed by atoms with Crippen molar-refractivity contribution in [2.24, 2.45) is 65.1 Å². The molecular formula is C41H70Cl3NO11. The molecule has 20 atom stereocenters. The van der Waals surface area contributed by atoms with E-state index in [-0.39, 0.29) is 104 Å². The van der Waals surface area contributed by atoms with E-state index in [4.69, 9.17) is 77.4 Å². The van der Waals surface area contributed by atoms with Crippen LogP contribution in [0.3, 0.4) is 0 Å². The Kier molecular flexibility index (Phi) is 18.4. The Balaban J connectivity index is 1.45. The maximum Gasteiger partial charge on any atom is 0.407 e. The molecule has 326 valence electrons. The van der Waals surface area contributed by atoms with E-state index in [0.29, 0.717) is 19.1 Å². The summed E-state index contributed by atoms with van der Waals surface area (Å²) >= 11 is 17.6. The number of carbonyl (C=O) groups is 1. The summed E-state index contributed by atoms with van der Waals surface area (Å²) in [6.45, 7) is 28.0. The van der Waals surface area contributed by atoms with Crippen molar-refractivity contribution in [3.63, 3.8) is 0 Å². The van der Waals surface area contributed by atoms with Gasteiger partial charge in [-0.2, -0.15) is 0 Å². The molecular weight excluding hydrogens is 789 g/mol. The van der Waals surface area contributed by atoms with Crippen LogP contribution in [0.25, 0.3) is 0 Å². The van der Waals surface area contributed by atoms with E-state index in [0.717, 1.165) is 0 Å². The minimum atomic E-state index is -1.76. The zero-order valence-electron chi connectivity index (χ0n) is 35.2. The first-order valence-corrected chi connectivity index (χ1v) is 21.7. The van der Waals surface area contributed by atoms with Gasteiger partial charge in [0.25, 0.3) is 0 Å². The molecule has 15 heteroatoms. The molecule has 4 heterocycles. The Hall–Kier alpha value is -0.480. The minimum absolute atomic E-state index is 0.0717. The van der Waals surface area contributed by atoms with Gasteiger partial charge in [0, 0.05) is 17.8 Å². The predicted molar refractivity (Wildman–Crippen MR) is 215 cm³/mol. The van der Waals surface area contributed by atoms with Gasteiger partial charge in [-0.05, 0) is 47.3 Å². The molecule has 0 aromatic heterocycles. The molecule has 0 aromatic rings. The van der Waals surface area contributed by atoms with Crippen molar-refractivity contribution in [2.75, 3.05) is 39.6 Å². The van der Waals surface area contributed by atoms with E-state index >= 15 is 0 Å². The monoisotopic (exact) mass is 857 g/mol. The fourth-order valence-corrected chi connectivity index (χ4v) is 8.67. The summed E-state index contributed by atoms with van der Waals surface area (Å²) in [5.74, 6) is 1.72. The van der Waals surface area contributed by atoms with Crippen molar-refractivity contribution in [3.8, 4) is 0 Å². The second-order valence-electron chi connectivity index (χ2n) is 17.3. The summed E-state index contributed by atoms with van der Waals surface area (Å²) in [7, 11) is 0. The second-order valence-corrected chi connectivity index (χ2v) is 19.8. The number of hydrogen-bond acceptors (Lipinski definition) is 11. The van der Waals surface area contributed by atoms with Gasteiger partial charge in [-0.1, -0.05) is 117 Å². The lowest BCUT2D eigenvalue weighted by atomic mass is 9.78. The number of ether oxygens (including phenoxy) is 9. The van der Waals surface area contributed by atoms with Crippen molar-refractivity contribution in [2.45, 2.75) is 136 Å². The van der Waals surface area contributed by atoms with Crippen LogP contribution in [0.4, 0.5) is 4.79 Å². The molecule has 4 fully saturated rings. The molecule has 4 aliphatic heterocycles. The normalized spacial score (nSPS) is 44.9. The Bertz CT molecular complexity index is 1230. The Morgan fingerprint density at radius 3 is 1.39 bits per heavy atom. The van der Waals surface area contributed by atoms with Crippen molar-refractivity contribution in [1.82, 2.24) is 5.32 Å². The van der Waals surface area contributed by atoms with Crippen LogP contribution in [-0.2, 0) is 42.6 Å². The highest BCUT2D eigenvalue weighted by molar-refractivity contribution is 6.67. The van der Waals surface area contributed by atoms with Gasteiger partial charge in [0.15, 0.2) is 25.2 Å². The topological polar surface area (TPSA) is 132 Å². The molecule has 1 amide bonds. The summed E-state index contributed by atoms with van der Waals surface area (Å²) in [6.07, 6.45) is -2.45. The van der Waals surface area contributed by atoms with Crippen LogP contribution in [-0.4, -0.2) is 110 Å². The Morgan fingerprint density at radius 1 is 0.589 bits per heavy atom. The Morgan fingerprint density at radius 2 is 0.964 bits per heavy atom. The number of nitrogens with one attached hydrogen (secondary N) is 1. The number of aliphatic hydroxyl groups excluding tert-OH is 1. The van der Waals surface area contributed by atoms with Crippen molar-refractivity contribution < 1.29 is 52.5 Å². The molecule has 0 aliphatic carbocycles. The van der Waals surface area contributed by atoms with E-state index in [9.17, 15) is 9.90 Å². The van der Waals surface area contributed by atoms with Crippen molar-refractivity contribution in [3.05, 3.63) is 12.7 Å². The van der Waals surface area contributed by atoms with E-state index in [1.165, 1.54) is 0 Å². The van der Waals surface area contributed by atoms with Gasteiger partial charge in [-0.15, -0.1) is 6.58 Å². The molecule has 0 spiro atoms. The minimum Gasteiger partial charge on any atom is -0.445 e. The smallest absolute Gasteiger partial charge is 0.407 e. The van der Waals surface area contributed by atoms with Crippen LogP contribution in [0, 0.1) is 65.1 Å². The zero-order valence-corrected chi connectivity index (χ0v) is 37.5. The molecule has 0 saturated carbocycles. The van der Waals surface area contributed by atoms with Gasteiger partial charge in [0.05, 0.1) is 63.5 Å². The fraction of sp³-hybridized carbons (Fsp3) is 0.927. The average Bonchev–Trinajstić information content (AvgIpc) is 3.16. The van der Waals surface area contributed by atoms with Gasteiger partial charge in [0.1, 0.15) is 6.61 Å². The molecule has 4 rings (SSSR count). The highest BCUT2D eigenvalue weighted by atomic mass is 35.6. The first-order chi connectivity index (χ1) is 26.3. The summed E-state index contributed by atoms with van der Waals surface area (Å²) < 4.78 is 54.8. The highest BCUT2D eigenvalue weighted by Gasteiger charge is 2.47. The maximum atomic E-state index is 13.0. The molecule has 4 aliphatic rings. The standard InChI is InChI=1S/C41H70Cl3NO11/c1-13-14-48-36-28(10)21(3)24(6)32(54-36)16-50-38-30(12)22(4)25(7)33(55-38)18-51-39-35(45-40(47)52-19-41(42,43)44)27(9)26(8)34(56-39)17-49-37-29(11)20(2)23(5)31(15-46)53-37/h13,20-39,46H,1,14-19H2,2-12H3,(H,45,47)/t20-,21-,22-,23-,24-,25-,26-,27-,28?,29?,30?,31?,32?,33?,34?,35?,36+,37+,38+,39+/m0/s1. The Labute approximate surface area is 350 Å². The van der Waals surface area contributed by atoms with E-state index in [1.807, 2.05) is 13.8 Å². The van der Waals surface area contributed by atoms with Gasteiger partial charge in [-0.25, -0.2) is 4.79 Å². The number of rotatable bonds is 15. The summed E-state index contributed by atoms with van der Waals surface area (Å²) in [5.41, 5.74) is 0. The molecule has 2 N–H and O–H groups in total.